The molecule has 0 bridgehead atoms. The first-order valence-corrected chi connectivity index (χ1v) is 9.89. The number of nitrogens with zero attached hydrogens (tertiary/aromatic N) is 1. The van der Waals surface area contributed by atoms with Gasteiger partial charge in [0.1, 0.15) is 0 Å². The van der Waals surface area contributed by atoms with Crippen molar-refractivity contribution >= 4 is 23.5 Å². The quantitative estimate of drug-likeness (QED) is 0.430. The fourth-order valence-corrected chi connectivity index (χ4v) is 3.12. The van der Waals surface area contributed by atoms with Gasteiger partial charge in [-0.15, -0.1) is 0 Å². The number of anilines is 1. The highest BCUT2D eigenvalue weighted by Gasteiger charge is 2.38. The number of aliphatic carboxylic acids is 1. The molecule has 1 aliphatic heterocycles. The van der Waals surface area contributed by atoms with Crippen LogP contribution in [0.25, 0.3) is 22.5 Å². The van der Waals surface area contributed by atoms with Gasteiger partial charge in [0.05, 0.1) is 11.3 Å². The molecule has 4 N–H and O–H groups in total. The van der Waals surface area contributed by atoms with E-state index in [4.69, 9.17) is 9.90 Å². The van der Waals surface area contributed by atoms with Gasteiger partial charge in [-0.25, -0.2) is 4.79 Å². The second kappa shape index (κ2) is 10.0. The van der Waals surface area contributed by atoms with Crippen LogP contribution in [-0.4, -0.2) is 45.6 Å². The van der Waals surface area contributed by atoms with Gasteiger partial charge in [-0.2, -0.15) is 13.2 Å². The Morgan fingerprint density at radius 3 is 2.38 bits per heavy atom. The first-order chi connectivity index (χ1) is 16.1. The van der Waals surface area contributed by atoms with Crippen molar-refractivity contribution in [3.63, 3.8) is 0 Å². The number of H-pyrrole nitrogens is 1. The molecule has 0 atom stereocenters. The molecule has 3 aromatic rings. The summed E-state index contributed by atoms with van der Waals surface area (Å²) in [6.07, 6.45) is -1.30. The molecule has 1 aliphatic rings. The number of carboxylic acid groups (broad SMARTS) is 1. The van der Waals surface area contributed by atoms with Crippen LogP contribution in [0.5, 0.6) is 0 Å². The van der Waals surface area contributed by atoms with Crippen molar-refractivity contribution in [1.29, 1.82) is 0 Å². The van der Waals surface area contributed by atoms with Crippen LogP contribution < -0.4 is 10.6 Å². The van der Waals surface area contributed by atoms with Crippen molar-refractivity contribution in [2.75, 3.05) is 11.9 Å². The highest BCUT2D eigenvalue weighted by Crippen LogP contribution is 2.27. The highest BCUT2D eigenvalue weighted by atomic mass is 19.4. The van der Waals surface area contributed by atoms with E-state index in [0.29, 0.717) is 17.8 Å². The molecule has 3 heterocycles. The topological polar surface area (TPSA) is 124 Å². The van der Waals surface area contributed by atoms with Crippen molar-refractivity contribution in [2.24, 2.45) is 0 Å². The lowest BCUT2D eigenvalue weighted by Crippen LogP contribution is -2.31. The molecule has 4 rings (SSSR count). The lowest BCUT2D eigenvalue weighted by Gasteiger charge is -2.11. The van der Waals surface area contributed by atoms with E-state index in [1.165, 1.54) is 6.08 Å². The van der Waals surface area contributed by atoms with Crippen molar-refractivity contribution in [1.82, 2.24) is 15.3 Å². The van der Waals surface area contributed by atoms with E-state index in [2.05, 4.69) is 27.2 Å². The third kappa shape index (κ3) is 5.88. The lowest BCUT2D eigenvalue weighted by atomic mass is 10.1. The number of carboxylic acids is 1. The number of aromatic nitrogens is 2. The Labute approximate surface area is 191 Å². The second-order valence-electron chi connectivity index (χ2n) is 7.08. The molecule has 0 spiro atoms. The molecule has 8 nitrogen and oxygen atoms in total. The van der Waals surface area contributed by atoms with Gasteiger partial charge in [-0.3, -0.25) is 14.6 Å². The van der Waals surface area contributed by atoms with Gasteiger partial charge >= 0.3 is 12.1 Å². The molecule has 0 radical (unpaired) electrons. The number of pyridine rings is 1. The number of rotatable bonds is 4. The number of hydrogen-bond donors (Lipinski definition) is 4. The fraction of sp³-hybridized carbons (Fsp3) is 0.130. The van der Waals surface area contributed by atoms with E-state index >= 15 is 0 Å². The van der Waals surface area contributed by atoms with Crippen LogP contribution in [0.3, 0.4) is 0 Å². The first kappa shape index (κ1) is 24.2. The Hall–Kier alpha value is -4.41. The summed E-state index contributed by atoms with van der Waals surface area (Å²) in [7, 11) is 0. The predicted octanol–water partition coefficient (Wildman–Crippen LogP) is 3.79. The Bertz CT molecular complexity index is 1230. The van der Waals surface area contributed by atoms with Crippen LogP contribution in [0.15, 0.2) is 61.3 Å². The number of carbonyl (C=O) groups is 3. The summed E-state index contributed by atoms with van der Waals surface area (Å²) in [6, 6.07) is 13.2. The molecule has 0 saturated carbocycles. The minimum atomic E-state index is -5.08. The van der Waals surface area contributed by atoms with Crippen LogP contribution >= 0.6 is 0 Å². The summed E-state index contributed by atoms with van der Waals surface area (Å²) in [5.41, 5.74) is 5.98. The van der Waals surface area contributed by atoms with E-state index < -0.39 is 12.1 Å². The number of fused-ring (bicyclic) bond motifs is 1. The number of carbonyl (C=O) groups excluding carboxylic acids is 2. The molecular weight excluding hydrogens is 453 g/mol. The van der Waals surface area contributed by atoms with E-state index in [9.17, 15) is 22.8 Å². The van der Waals surface area contributed by atoms with Crippen LogP contribution in [0, 0.1) is 0 Å². The smallest absolute Gasteiger partial charge is 0.475 e. The molecule has 2 amide bonds. The Balaban J connectivity index is 0.000000406. The summed E-state index contributed by atoms with van der Waals surface area (Å²) < 4.78 is 31.7. The monoisotopic (exact) mass is 472 g/mol. The molecule has 0 fully saturated rings. The zero-order chi connectivity index (χ0) is 24.9. The minimum Gasteiger partial charge on any atom is -0.475 e. The van der Waals surface area contributed by atoms with Gasteiger partial charge in [0.25, 0.3) is 5.91 Å². The van der Waals surface area contributed by atoms with E-state index in [-0.39, 0.29) is 11.8 Å². The van der Waals surface area contributed by atoms with Gasteiger partial charge in [0.15, 0.2) is 0 Å². The van der Waals surface area contributed by atoms with Gasteiger partial charge in [-0.1, -0.05) is 18.7 Å². The number of alkyl halides is 3. The number of hydrogen-bond acceptors (Lipinski definition) is 4. The Morgan fingerprint density at radius 1 is 1.12 bits per heavy atom. The Morgan fingerprint density at radius 2 is 1.79 bits per heavy atom. The largest absolute Gasteiger partial charge is 0.490 e. The zero-order valence-electron chi connectivity index (χ0n) is 17.6. The molecule has 0 saturated heterocycles. The highest BCUT2D eigenvalue weighted by molar-refractivity contribution is 5.99. The molecular formula is C23H19F3N4O4. The van der Waals surface area contributed by atoms with Crippen molar-refractivity contribution in [2.45, 2.75) is 12.6 Å². The SMILES string of the molecule is C=CC(=O)Nc1ccc(-c2cc(-c3cc4c([nH]3)CCNC4=O)ccn2)cc1.O=C(O)C(F)(F)F. The summed E-state index contributed by atoms with van der Waals surface area (Å²) in [6.45, 7) is 4.09. The predicted molar refractivity (Wildman–Crippen MR) is 118 cm³/mol. The van der Waals surface area contributed by atoms with Crippen LogP contribution in [0.2, 0.25) is 0 Å². The van der Waals surface area contributed by atoms with Gasteiger partial charge < -0.3 is 20.7 Å². The maximum absolute atomic E-state index is 12.0. The molecule has 34 heavy (non-hydrogen) atoms. The van der Waals surface area contributed by atoms with Gasteiger partial charge in [0.2, 0.25) is 5.91 Å². The minimum absolute atomic E-state index is 0.0369. The molecule has 176 valence electrons. The first-order valence-electron chi connectivity index (χ1n) is 9.89. The molecule has 1 aromatic carbocycles. The number of amides is 2. The molecule has 0 unspecified atom stereocenters. The van der Waals surface area contributed by atoms with Gasteiger partial charge in [-0.05, 0) is 36.4 Å². The third-order valence-corrected chi connectivity index (χ3v) is 4.75. The maximum Gasteiger partial charge on any atom is 0.490 e. The summed E-state index contributed by atoms with van der Waals surface area (Å²) in [5, 5.41) is 12.7. The number of halogens is 3. The lowest BCUT2D eigenvalue weighted by molar-refractivity contribution is -0.192. The van der Waals surface area contributed by atoms with E-state index in [0.717, 1.165) is 34.6 Å². The maximum atomic E-state index is 12.0. The average molecular weight is 472 g/mol. The normalized spacial score (nSPS) is 12.5. The van der Waals surface area contributed by atoms with Crippen LogP contribution in [0.1, 0.15) is 16.1 Å². The standard InChI is InChI=1S/C21H18N4O2.C2HF3O2/c1-2-20(26)24-15-5-3-13(4-6-15)18-11-14(7-9-22-18)19-12-16-17(25-19)8-10-23-21(16)27;3-2(4,5)1(6)7/h2-7,9,11-12,25H,1,8,10H2,(H,23,27)(H,24,26);(H,6,7). The summed E-state index contributed by atoms with van der Waals surface area (Å²) in [4.78, 5) is 40.0. The number of nitrogens with one attached hydrogen (secondary N) is 3. The van der Waals surface area contributed by atoms with Crippen LogP contribution in [0.4, 0.5) is 18.9 Å². The summed E-state index contributed by atoms with van der Waals surface area (Å²) in [5.74, 6) is -3.04. The zero-order valence-corrected chi connectivity index (χ0v) is 17.6. The molecule has 11 heteroatoms. The Kier molecular flexibility index (Phi) is 7.15. The number of aromatic amines is 1. The molecule has 2 aromatic heterocycles. The van der Waals surface area contributed by atoms with Gasteiger partial charge in [0, 0.05) is 47.4 Å². The second-order valence-corrected chi connectivity index (χ2v) is 7.08. The van der Waals surface area contributed by atoms with Crippen molar-refractivity contribution in [3.8, 4) is 22.5 Å². The van der Waals surface area contributed by atoms with Crippen molar-refractivity contribution in [3.05, 3.63) is 72.6 Å². The van der Waals surface area contributed by atoms with Crippen molar-refractivity contribution < 1.29 is 32.7 Å². The average Bonchev–Trinajstić information content (AvgIpc) is 3.25. The van der Waals surface area contributed by atoms with E-state index in [1.54, 1.807) is 6.20 Å². The summed E-state index contributed by atoms with van der Waals surface area (Å²) >= 11 is 0. The van der Waals surface area contributed by atoms with Crippen LogP contribution in [-0.2, 0) is 16.0 Å². The molecule has 0 aliphatic carbocycles. The third-order valence-electron chi connectivity index (χ3n) is 4.75. The number of benzene rings is 1. The van der Waals surface area contributed by atoms with E-state index in [1.807, 2.05) is 42.5 Å². The fourth-order valence-electron chi connectivity index (χ4n) is 3.12.